The highest BCUT2D eigenvalue weighted by Crippen LogP contribution is 2.31. The Morgan fingerprint density at radius 1 is 1.29 bits per heavy atom. The smallest absolute Gasteiger partial charge is 0.161 e. The number of rotatable bonds is 4. The molecule has 4 N–H and O–H groups in total. The maximum Gasteiger partial charge on any atom is 0.161 e. The van der Waals surface area contributed by atoms with Gasteiger partial charge < -0.3 is 20.9 Å². The van der Waals surface area contributed by atoms with Crippen molar-refractivity contribution in [3.63, 3.8) is 0 Å². The van der Waals surface area contributed by atoms with E-state index < -0.39 is 0 Å². The van der Waals surface area contributed by atoms with Crippen LogP contribution in [0.1, 0.15) is 22.3 Å². The van der Waals surface area contributed by atoms with E-state index in [2.05, 4.69) is 23.5 Å². The van der Waals surface area contributed by atoms with Crippen LogP contribution in [0.25, 0.3) is 6.08 Å². The molecule has 0 aliphatic heterocycles. The van der Waals surface area contributed by atoms with E-state index in [9.17, 15) is 5.11 Å². The van der Waals surface area contributed by atoms with Gasteiger partial charge in [-0.05, 0) is 47.4 Å². The number of ether oxygens (including phenoxy) is 1. The van der Waals surface area contributed by atoms with E-state index in [4.69, 9.17) is 10.5 Å². The molecule has 0 saturated carbocycles. The fourth-order valence-corrected chi connectivity index (χ4v) is 2.91. The fraction of sp³-hybridized carbons (Fsp3) is 0.200. The average Bonchev–Trinajstić information content (AvgIpc) is 2.79. The number of benzene rings is 2. The monoisotopic (exact) mass is 322 g/mol. The summed E-state index contributed by atoms with van der Waals surface area (Å²) < 4.78 is 5.22. The van der Waals surface area contributed by atoms with Crippen molar-refractivity contribution in [1.29, 1.82) is 0 Å². The van der Waals surface area contributed by atoms with Crippen LogP contribution in [0.5, 0.6) is 11.5 Å². The highest BCUT2D eigenvalue weighted by atomic mass is 16.5. The molecule has 3 rings (SSSR count). The minimum absolute atomic E-state index is 0.194. The lowest BCUT2D eigenvalue weighted by Crippen LogP contribution is -2.15. The molecule has 2 aromatic carbocycles. The van der Waals surface area contributed by atoms with Gasteiger partial charge in [0.15, 0.2) is 11.5 Å². The Bertz CT molecular complexity index is 823. The summed E-state index contributed by atoms with van der Waals surface area (Å²) in [5, 5.41) is 13.4. The molecule has 0 spiro atoms. The van der Waals surface area contributed by atoms with Gasteiger partial charge in [-0.15, -0.1) is 0 Å². The van der Waals surface area contributed by atoms with Gasteiger partial charge in [0, 0.05) is 24.4 Å². The molecule has 0 aromatic heterocycles. The molecule has 0 amide bonds. The van der Waals surface area contributed by atoms with Gasteiger partial charge in [0.1, 0.15) is 0 Å². The summed E-state index contributed by atoms with van der Waals surface area (Å²) in [6.45, 7) is 2.52. The van der Waals surface area contributed by atoms with E-state index >= 15 is 0 Å². The summed E-state index contributed by atoms with van der Waals surface area (Å²) >= 11 is 0. The van der Waals surface area contributed by atoms with Crippen molar-refractivity contribution >= 4 is 11.8 Å². The molecule has 0 atom stereocenters. The number of phenols is 1. The number of aromatic hydroxyl groups is 1. The highest BCUT2D eigenvalue weighted by molar-refractivity contribution is 5.66. The molecule has 24 heavy (non-hydrogen) atoms. The molecule has 2 aromatic rings. The van der Waals surface area contributed by atoms with Gasteiger partial charge in [0.2, 0.25) is 0 Å². The van der Waals surface area contributed by atoms with E-state index in [0.29, 0.717) is 12.3 Å². The molecule has 1 aliphatic rings. The standard InChI is InChI=1S/C20H22N2O2/c1-13-9-14(10-19(24-2)20(13)23)12-22-16-7-3-5-15-6-4-8-18(21)17(15)11-16/h3-10,22-23H,11-12,21H2,1-2H3. The van der Waals surface area contributed by atoms with Crippen LogP contribution in [0, 0.1) is 6.92 Å². The molecule has 0 fully saturated rings. The third-order valence-electron chi connectivity index (χ3n) is 4.25. The van der Waals surface area contributed by atoms with Crippen molar-refractivity contribution in [3.05, 3.63) is 70.4 Å². The van der Waals surface area contributed by atoms with Crippen LogP contribution in [0.4, 0.5) is 5.69 Å². The maximum atomic E-state index is 9.94. The predicted molar refractivity (Wildman–Crippen MR) is 97.9 cm³/mol. The first-order valence-corrected chi connectivity index (χ1v) is 7.93. The minimum Gasteiger partial charge on any atom is -0.504 e. The number of aryl methyl sites for hydroxylation is 1. The quantitative estimate of drug-likeness (QED) is 0.753. The number of allylic oxidation sites excluding steroid dienone is 3. The van der Waals surface area contributed by atoms with Crippen LogP contribution in [0.15, 0.2) is 48.2 Å². The first-order valence-electron chi connectivity index (χ1n) is 7.93. The van der Waals surface area contributed by atoms with E-state index in [-0.39, 0.29) is 5.75 Å². The number of hydrogen-bond acceptors (Lipinski definition) is 4. The zero-order chi connectivity index (χ0) is 17.1. The number of hydrogen-bond donors (Lipinski definition) is 3. The van der Waals surface area contributed by atoms with Crippen molar-refractivity contribution in [3.8, 4) is 11.5 Å². The van der Waals surface area contributed by atoms with E-state index in [1.165, 1.54) is 0 Å². The zero-order valence-corrected chi connectivity index (χ0v) is 14.0. The molecule has 0 radical (unpaired) electrons. The third-order valence-corrected chi connectivity index (χ3v) is 4.25. The van der Waals surface area contributed by atoms with Crippen molar-refractivity contribution in [2.24, 2.45) is 0 Å². The van der Waals surface area contributed by atoms with Gasteiger partial charge >= 0.3 is 0 Å². The highest BCUT2D eigenvalue weighted by Gasteiger charge is 2.11. The summed E-state index contributed by atoms with van der Waals surface area (Å²) in [5.41, 5.74) is 12.2. The fourth-order valence-electron chi connectivity index (χ4n) is 2.91. The van der Waals surface area contributed by atoms with Gasteiger partial charge in [-0.1, -0.05) is 30.4 Å². The van der Waals surface area contributed by atoms with Crippen molar-refractivity contribution in [2.75, 3.05) is 12.8 Å². The lowest BCUT2D eigenvalue weighted by Gasteiger charge is -2.14. The Kier molecular flexibility index (Phi) is 4.47. The molecular weight excluding hydrogens is 300 g/mol. The van der Waals surface area contributed by atoms with E-state index in [1.54, 1.807) is 7.11 Å². The molecule has 0 saturated heterocycles. The topological polar surface area (TPSA) is 67.5 Å². The Labute approximate surface area is 142 Å². The van der Waals surface area contributed by atoms with Gasteiger partial charge in [-0.3, -0.25) is 0 Å². The first kappa shape index (κ1) is 16.0. The molecular formula is C20H22N2O2. The molecule has 0 unspecified atom stereocenters. The number of methoxy groups -OCH3 is 1. The maximum absolute atomic E-state index is 9.94. The number of fused-ring (bicyclic) bond motifs is 1. The second-order valence-corrected chi connectivity index (χ2v) is 5.96. The number of phenolic OH excluding ortho intramolecular Hbond substituents is 1. The Morgan fingerprint density at radius 3 is 2.92 bits per heavy atom. The van der Waals surface area contributed by atoms with Crippen LogP contribution < -0.4 is 15.8 Å². The molecule has 4 nitrogen and oxygen atoms in total. The van der Waals surface area contributed by atoms with Crippen LogP contribution in [-0.4, -0.2) is 12.2 Å². The Balaban J connectivity index is 1.76. The number of nitrogens with one attached hydrogen (secondary N) is 1. The van der Waals surface area contributed by atoms with Crippen LogP contribution >= 0.6 is 0 Å². The molecule has 4 heteroatoms. The van der Waals surface area contributed by atoms with Crippen LogP contribution in [0.3, 0.4) is 0 Å². The summed E-state index contributed by atoms with van der Waals surface area (Å²) in [4.78, 5) is 0. The van der Waals surface area contributed by atoms with Gasteiger partial charge in [-0.25, -0.2) is 0 Å². The number of nitrogen functional groups attached to an aromatic ring is 1. The minimum atomic E-state index is 0.194. The lowest BCUT2D eigenvalue weighted by molar-refractivity contribution is 0.371. The Hall–Kier alpha value is -2.88. The van der Waals surface area contributed by atoms with Gasteiger partial charge in [-0.2, -0.15) is 0 Å². The van der Waals surface area contributed by atoms with Crippen molar-refractivity contribution in [2.45, 2.75) is 19.9 Å². The summed E-state index contributed by atoms with van der Waals surface area (Å²) in [6, 6.07) is 9.80. The molecule has 0 heterocycles. The number of nitrogens with two attached hydrogens (primary N) is 1. The Morgan fingerprint density at radius 2 is 2.12 bits per heavy atom. The average molecular weight is 322 g/mol. The second kappa shape index (κ2) is 6.71. The largest absolute Gasteiger partial charge is 0.504 e. The number of anilines is 1. The SMILES string of the molecule is COc1cc(CNC2=CC=Cc3cccc(N)c3C2)cc(C)c1O. The van der Waals surface area contributed by atoms with Crippen molar-refractivity contribution < 1.29 is 9.84 Å². The predicted octanol–water partition coefficient (Wildman–Crippen LogP) is 3.53. The summed E-state index contributed by atoms with van der Waals surface area (Å²) in [5.74, 6) is 0.690. The summed E-state index contributed by atoms with van der Waals surface area (Å²) in [6.07, 6.45) is 6.96. The van der Waals surface area contributed by atoms with Crippen molar-refractivity contribution in [1.82, 2.24) is 5.32 Å². The van der Waals surface area contributed by atoms with E-state index in [1.807, 2.05) is 37.3 Å². The molecule has 0 bridgehead atoms. The zero-order valence-electron chi connectivity index (χ0n) is 14.0. The molecule has 1 aliphatic carbocycles. The second-order valence-electron chi connectivity index (χ2n) is 5.96. The first-order chi connectivity index (χ1) is 11.6. The van der Waals surface area contributed by atoms with Crippen LogP contribution in [0.2, 0.25) is 0 Å². The lowest BCUT2D eigenvalue weighted by atomic mass is 10.0. The van der Waals surface area contributed by atoms with E-state index in [0.717, 1.165) is 40.1 Å². The van der Waals surface area contributed by atoms with Gasteiger partial charge in [0.05, 0.1) is 7.11 Å². The normalized spacial score (nSPS) is 13.0. The third kappa shape index (κ3) is 3.23. The molecule has 124 valence electrons. The summed E-state index contributed by atoms with van der Waals surface area (Å²) in [7, 11) is 1.56. The van der Waals surface area contributed by atoms with Gasteiger partial charge in [0.25, 0.3) is 0 Å². The van der Waals surface area contributed by atoms with Crippen LogP contribution in [-0.2, 0) is 13.0 Å².